The van der Waals surface area contributed by atoms with Crippen LogP contribution in [0.1, 0.15) is 18.1 Å². The summed E-state index contributed by atoms with van der Waals surface area (Å²) in [6, 6.07) is 7.96. The van der Waals surface area contributed by atoms with Crippen molar-refractivity contribution >= 4 is 5.97 Å². The van der Waals surface area contributed by atoms with E-state index >= 15 is 0 Å². The van der Waals surface area contributed by atoms with E-state index in [2.05, 4.69) is 0 Å². The van der Waals surface area contributed by atoms with Gasteiger partial charge in [-0.15, -0.1) is 0 Å². The third kappa shape index (κ3) is 2.24. The Morgan fingerprint density at radius 3 is 2.88 bits per heavy atom. The van der Waals surface area contributed by atoms with Crippen molar-refractivity contribution < 1.29 is 14.3 Å². The molecule has 0 atom stereocenters. The smallest absolute Gasteiger partial charge is 0.337 e. The molecule has 1 aliphatic heterocycles. The maximum Gasteiger partial charge on any atom is 0.337 e. The molecule has 0 unspecified atom stereocenters. The molecule has 3 nitrogen and oxygen atoms in total. The zero-order valence-corrected chi connectivity index (χ0v) is 9.23. The lowest BCUT2D eigenvalue weighted by Gasteiger charge is -2.05. The van der Waals surface area contributed by atoms with Gasteiger partial charge in [0.2, 0.25) is 0 Å². The van der Waals surface area contributed by atoms with E-state index in [0.29, 0.717) is 25.2 Å². The van der Waals surface area contributed by atoms with Crippen molar-refractivity contribution in [1.82, 2.24) is 0 Å². The Morgan fingerprint density at radius 2 is 2.12 bits per heavy atom. The molecule has 0 saturated heterocycles. The third-order valence-electron chi connectivity index (χ3n) is 2.50. The highest BCUT2D eigenvalue weighted by Gasteiger charge is 2.16. The van der Waals surface area contributed by atoms with E-state index in [9.17, 15) is 4.79 Å². The summed E-state index contributed by atoms with van der Waals surface area (Å²) >= 11 is 0. The zero-order valence-electron chi connectivity index (χ0n) is 9.23. The first-order valence-corrected chi connectivity index (χ1v) is 5.36. The molecule has 3 heteroatoms. The molecule has 0 radical (unpaired) electrons. The SMILES string of the molecule is CCOC(=O)C1=COCc2ccccc2C1. The molecule has 0 bridgehead atoms. The molecule has 0 spiro atoms. The zero-order chi connectivity index (χ0) is 11.4. The van der Waals surface area contributed by atoms with E-state index in [-0.39, 0.29) is 5.97 Å². The lowest BCUT2D eigenvalue weighted by molar-refractivity contribution is -0.138. The van der Waals surface area contributed by atoms with Gasteiger partial charge in [0.25, 0.3) is 0 Å². The summed E-state index contributed by atoms with van der Waals surface area (Å²) in [5, 5.41) is 0. The minimum Gasteiger partial charge on any atom is -0.496 e. The maximum absolute atomic E-state index is 11.6. The van der Waals surface area contributed by atoms with Gasteiger partial charge in [-0.05, 0) is 18.1 Å². The van der Waals surface area contributed by atoms with Crippen molar-refractivity contribution in [3.05, 3.63) is 47.2 Å². The van der Waals surface area contributed by atoms with Crippen LogP contribution in [0, 0.1) is 0 Å². The van der Waals surface area contributed by atoms with Gasteiger partial charge < -0.3 is 9.47 Å². The molecular formula is C13H14O3. The van der Waals surface area contributed by atoms with Crippen LogP contribution in [0.2, 0.25) is 0 Å². The molecular weight excluding hydrogens is 204 g/mol. The van der Waals surface area contributed by atoms with E-state index in [1.165, 1.54) is 6.26 Å². The fraction of sp³-hybridized carbons (Fsp3) is 0.308. The van der Waals surface area contributed by atoms with Gasteiger partial charge >= 0.3 is 5.97 Å². The van der Waals surface area contributed by atoms with Crippen LogP contribution >= 0.6 is 0 Å². The van der Waals surface area contributed by atoms with E-state index < -0.39 is 0 Å². The molecule has 1 aromatic carbocycles. The number of ether oxygens (including phenoxy) is 2. The van der Waals surface area contributed by atoms with Crippen LogP contribution in [-0.2, 0) is 27.3 Å². The van der Waals surface area contributed by atoms with Crippen LogP contribution in [0.3, 0.4) is 0 Å². The molecule has 84 valence electrons. The van der Waals surface area contributed by atoms with Gasteiger partial charge in [-0.1, -0.05) is 24.3 Å². The Bertz CT molecular complexity index is 421. The van der Waals surface area contributed by atoms with Gasteiger partial charge in [0, 0.05) is 6.42 Å². The van der Waals surface area contributed by atoms with Gasteiger partial charge in [-0.25, -0.2) is 4.79 Å². The Labute approximate surface area is 94.7 Å². The molecule has 0 N–H and O–H groups in total. The summed E-state index contributed by atoms with van der Waals surface area (Å²) in [5.41, 5.74) is 2.82. The van der Waals surface area contributed by atoms with Crippen molar-refractivity contribution in [2.45, 2.75) is 20.0 Å². The van der Waals surface area contributed by atoms with Crippen LogP contribution in [0.25, 0.3) is 0 Å². The largest absolute Gasteiger partial charge is 0.496 e. The standard InChI is InChI=1S/C13H14O3/c1-2-16-13(14)12-7-10-5-3-4-6-11(10)8-15-9-12/h3-6,9H,2,7-8H2,1H3. The highest BCUT2D eigenvalue weighted by Crippen LogP contribution is 2.19. The second-order valence-corrected chi connectivity index (χ2v) is 3.62. The lowest BCUT2D eigenvalue weighted by atomic mass is 10.0. The number of carbonyl (C=O) groups is 1. The first-order chi connectivity index (χ1) is 7.81. The predicted molar refractivity (Wildman–Crippen MR) is 59.7 cm³/mol. The highest BCUT2D eigenvalue weighted by atomic mass is 16.5. The molecule has 0 amide bonds. The molecule has 0 aliphatic carbocycles. The molecule has 1 aliphatic rings. The Balaban J connectivity index is 2.20. The van der Waals surface area contributed by atoms with Gasteiger partial charge in [0.05, 0.1) is 18.4 Å². The monoisotopic (exact) mass is 218 g/mol. The normalized spacial score (nSPS) is 14.2. The quantitative estimate of drug-likeness (QED) is 0.714. The minimum atomic E-state index is -0.292. The summed E-state index contributed by atoms with van der Waals surface area (Å²) < 4.78 is 10.3. The van der Waals surface area contributed by atoms with E-state index in [1.54, 1.807) is 6.92 Å². The number of rotatable bonds is 2. The average molecular weight is 218 g/mol. The topological polar surface area (TPSA) is 35.5 Å². The van der Waals surface area contributed by atoms with Crippen LogP contribution in [0.5, 0.6) is 0 Å². The molecule has 2 rings (SSSR count). The van der Waals surface area contributed by atoms with Crippen molar-refractivity contribution in [1.29, 1.82) is 0 Å². The fourth-order valence-electron chi connectivity index (χ4n) is 1.69. The summed E-state index contributed by atoms with van der Waals surface area (Å²) in [6.45, 7) is 2.70. The third-order valence-corrected chi connectivity index (χ3v) is 2.50. The molecule has 1 heterocycles. The molecule has 0 saturated carbocycles. The number of hydrogen-bond acceptors (Lipinski definition) is 3. The molecule has 16 heavy (non-hydrogen) atoms. The molecule has 1 aromatic rings. The van der Waals surface area contributed by atoms with Gasteiger partial charge in [0.15, 0.2) is 0 Å². The average Bonchev–Trinajstić information content (AvgIpc) is 2.51. The lowest BCUT2D eigenvalue weighted by Crippen LogP contribution is -2.09. The van der Waals surface area contributed by atoms with E-state index in [0.717, 1.165) is 11.1 Å². The summed E-state index contributed by atoms with van der Waals surface area (Å²) in [6.07, 6.45) is 2.09. The van der Waals surface area contributed by atoms with Crippen LogP contribution in [0.4, 0.5) is 0 Å². The number of hydrogen-bond donors (Lipinski definition) is 0. The second-order valence-electron chi connectivity index (χ2n) is 3.62. The minimum absolute atomic E-state index is 0.292. The number of fused-ring (bicyclic) bond motifs is 1. The van der Waals surface area contributed by atoms with E-state index in [1.807, 2.05) is 24.3 Å². The highest BCUT2D eigenvalue weighted by molar-refractivity contribution is 5.88. The Kier molecular flexibility index (Phi) is 3.25. The number of esters is 1. The van der Waals surface area contributed by atoms with Crippen molar-refractivity contribution in [2.24, 2.45) is 0 Å². The maximum atomic E-state index is 11.6. The summed E-state index contributed by atoms with van der Waals surface area (Å²) in [4.78, 5) is 11.6. The Morgan fingerprint density at radius 1 is 1.38 bits per heavy atom. The van der Waals surface area contributed by atoms with Crippen molar-refractivity contribution in [2.75, 3.05) is 6.61 Å². The first-order valence-electron chi connectivity index (χ1n) is 5.36. The van der Waals surface area contributed by atoms with Crippen molar-refractivity contribution in [3.8, 4) is 0 Å². The van der Waals surface area contributed by atoms with Gasteiger partial charge in [-0.3, -0.25) is 0 Å². The summed E-state index contributed by atoms with van der Waals surface area (Å²) in [5.74, 6) is -0.292. The van der Waals surface area contributed by atoms with E-state index in [4.69, 9.17) is 9.47 Å². The molecule has 0 fully saturated rings. The van der Waals surface area contributed by atoms with Crippen LogP contribution in [0.15, 0.2) is 36.1 Å². The number of benzene rings is 1. The predicted octanol–water partition coefficient (Wildman–Crippen LogP) is 2.21. The first kappa shape index (κ1) is 10.7. The van der Waals surface area contributed by atoms with Crippen molar-refractivity contribution in [3.63, 3.8) is 0 Å². The van der Waals surface area contributed by atoms with Gasteiger partial charge in [0.1, 0.15) is 6.61 Å². The number of carbonyl (C=O) groups excluding carboxylic acids is 1. The molecule has 0 aromatic heterocycles. The second kappa shape index (κ2) is 4.84. The van der Waals surface area contributed by atoms with Gasteiger partial charge in [-0.2, -0.15) is 0 Å². The van der Waals surface area contributed by atoms with Crippen LogP contribution in [-0.4, -0.2) is 12.6 Å². The van der Waals surface area contributed by atoms with Crippen LogP contribution < -0.4 is 0 Å². The fourth-order valence-corrected chi connectivity index (χ4v) is 1.69. The summed E-state index contributed by atoms with van der Waals surface area (Å²) in [7, 11) is 0. The Hall–Kier alpha value is -1.77.